The van der Waals surface area contributed by atoms with Crippen LogP contribution < -0.4 is 14.8 Å². The van der Waals surface area contributed by atoms with Crippen LogP contribution in [0.1, 0.15) is 12.8 Å². The molecule has 1 heterocycles. The molecule has 0 atom stereocenters. The number of aliphatic carboxylic acids is 1. The molecule has 6 nitrogen and oxygen atoms in total. The zero-order chi connectivity index (χ0) is 16.0. The third kappa shape index (κ3) is 3.85. The number of para-hydroxylation sites is 2. The van der Waals surface area contributed by atoms with Crippen molar-refractivity contribution in [1.82, 2.24) is 5.32 Å². The van der Waals surface area contributed by atoms with E-state index in [9.17, 15) is 14.7 Å². The minimum Gasteiger partial charge on any atom is -0.493 e. The van der Waals surface area contributed by atoms with Gasteiger partial charge in [0, 0.05) is 0 Å². The number of thioether (sulfide) groups is 1. The fourth-order valence-electron chi connectivity index (χ4n) is 2.30. The van der Waals surface area contributed by atoms with Crippen molar-refractivity contribution in [2.24, 2.45) is 0 Å². The quantitative estimate of drug-likeness (QED) is 0.825. The van der Waals surface area contributed by atoms with E-state index in [2.05, 4.69) is 5.32 Å². The number of ether oxygens (including phenoxy) is 2. The summed E-state index contributed by atoms with van der Waals surface area (Å²) in [5.74, 6) is 0.986. The topological polar surface area (TPSA) is 84.9 Å². The molecule has 1 aliphatic heterocycles. The van der Waals surface area contributed by atoms with E-state index in [0.717, 1.165) is 11.5 Å². The Kier molecular flexibility index (Phi) is 5.54. The Bertz CT molecular complexity index is 542. The molecule has 1 aromatic rings. The van der Waals surface area contributed by atoms with Gasteiger partial charge in [0.25, 0.3) is 5.91 Å². The molecule has 0 aliphatic carbocycles. The fraction of sp³-hybridized carbons (Fsp3) is 0.467. The summed E-state index contributed by atoms with van der Waals surface area (Å²) in [4.78, 5) is 23.5. The van der Waals surface area contributed by atoms with Crippen LogP contribution >= 0.6 is 11.8 Å². The molecule has 7 heteroatoms. The molecule has 0 bridgehead atoms. The van der Waals surface area contributed by atoms with Gasteiger partial charge in [-0.05, 0) is 36.5 Å². The van der Waals surface area contributed by atoms with E-state index in [1.165, 1.54) is 7.11 Å². The van der Waals surface area contributed by atoms with Gasteiger partial charge >= 0.3 is 5.97 Å². The summed E-state index contributed by atoms with van der Waals surface area (Å²) in [7, 11) is 1.52. The number of carboxylic acids is 1. The lowest BCUT2D eigenvalue weighted by Crippen LogP contribution is -2.57. The maximum Gasteiger partial charge on any atom is 0.329 e. The molecule has 0 unspecified atom stereocenters. The predicted molar refractivity (Wildman–Crippen MR) is 83.6 cm³/mol. The zero-order valence-electron chi connectivity index (χ0n) is 12.3. The smallest absolute Gasteiger partial charge is 0.329 e. The highest BCUT2D eigenvalue weighted by Crippen LogP contribution is 2.28. The minimum atomic E-state index is -1.17. The van der Waals surface area contributed by atoms with Crippen LogP contribution in [0, 0.1) is 0 Å². The van der Waals surface area contributed by atoms with Crippen molar-refractivity contribution in [3.05, 3.63) is 24.3 Å². The second-order valence-corrected chi connectivity index (χ2v) is 6.21. The average Bonchev–Trinajstić information content (AvgIpc) is 2.54. The first kappa shape index (κ1) is 16.5. The molecular weight excluding hydrogens is 306 g/mol. The summed E-state index contributed by atoms with van der Waals surface area (Å²) in [6, 6.07) is 6.98. The third-order valence-corrected chi connectivity index (χ3v) is 4.55. The van der Waals surface area contributed by atoms with E-state index in [4.69, 9.17) is 9.47 Å². The van der Waals surface area contributed by atoms with E-state index in [-0.39, 0.29) is 6.61 Å². The number of hydrogen-bond acceptors (Lipinski definition) is 5. The molecule has 1 saturated heterocycles. The highest BCUT2D eigenvalue weighted by Gasteiger charge is 2.41. The number of methoxy groups -OCH3 is 1. The first-order valence-electron chi connectivity index (χ1n) is 6.95. The summed E-state index contributed by atoms with van der Waals surface area (Å²) < 4.78 is 10.6. The van der Waals surface area contributed by atoms with Crippen molar-refractivity contribution in [2.75, 3.05) is 25.2 Å². The van der Waals surface area contributed by atoms with E-state index in [1.807, 2.05) is 0 Å². The molecule has 0 radical (unpaired) electrons. The van der Waals surface area contributed by atoms with E-state index < -0.39 is 17.4 Å². The van der Waals surface area contributed by atoms with Crippen LogP contribution in [0.4, 0.5) is 0 Å². The molecule has 2 rings (SSSR count). The summed E-state index contributed by atoms with van der Waals surface area (Å²) >= 11 is 1.69. The van der Waals surface area contributed by atoms with Crippen molar-refractivity contribution in [3.8, 4) is 11.5 Å². The highest BCUT2D eigenvalue weighted by molar-refractivity contribution is 7.99. The lowest BCUT2D eigenvalue weighted by atomic mass is 9.92. The van der Waals surface area contributed by atoms with Gasteiger partial charge < -0.3 is 19.9 Å². The van der Waals surface area contributed by atoms with Crippen molar-refractivity contribution in [2.45, 2.75) is 18.4 Å². The Morgan fingerprint density at radius 3 is 2.50 bits per heavy atom. The van der Waals surface area contributed by atoms with Gasteiger partial charge in [0.1, 0.15) is 5.54 Å². The van der Waals surface area contributed by atoms with Gasteiger partial charge in [-0.15, -0.1) is 0 Å². The zero-order valence-corrected chi connectivity index (χ0v) is 13.1. The molecule has 1 aromatic carbocycles. The summed E-state index contributed by atoms with van der Waals surface area (Å²) in [5, 5.41) is 12.0. The van der Waals surface area contributed by atoms with Crippen LogP contribution in [0.5, 0.6) is 11.5 Å². The lowest BCUT2D eigenvalue weighted by molar-refractivity contribution is -0.148. The monoisotopic (exact) mass is 325 g/mol. The van der Waals surface area contributed by atoms with Crippen LogP contribution in [-0.4, -0.2) is 47.7 Å². The number of carboxylic acid groups (broad SMARTS) is 1. The lowest BCUT2D eigenvalue weighted by Gasteiger charge is -2.33. The largest absolute Gasteiger partial charge is 0.493 e. The van der Waals surface area contributed by atoms with E-state index >= 15 is 0 Å². The van der Waals surface area contributed by atoms with Gasteiger partial charge in [0.05, 0.1) is 7.11 Å². The maximum absolute atomic E-state index is 12.0. The molecule has 0 saturated carbocycles. The minimum absolute atomic E-state index is 0.247. The number of rotatable bonds is 6. The Labute approximate surface area is 133 Å². The molecule has 0 spiro atoms. The van der Waals surface area contributed by atoms with Gasteiger partial charge in [-0.2, -0.15) is 11.8 Å². The molecule has 2 N–H and O–H groups in total. The Hall–Kier alpha value is -1.89. The third-order valence-electron chi connectivity index (χ3n) is 3.56. The Balaban J connectivity index is 1.95. The standard InChI is InChI=1S/C15H19NO5S/c1-20-11-4-2-3-5-12(11)21-10-13(17)16-15(14(18)19)6-8-22-9-7-15/h2-5H,6-10H2,1H3,(H,16,17)(H,18,19). The summed E-state index contributed by atoms with van der Waals surface area (Å²) in [6.45, 7) is -0.247. The van der Waals surface area contributed by atoms with Crippen LogP contribution in [0.2, 0.25) is 0 Å². The van der Waals surface area contributed by atoms with Crippen molar-refractivity contribution in [1.29, 1.82) is 0 Å². The highest BCUT2D eigenvalue weighted by atomic mass is 32.2. The second kappa shape index (κ2) is 7.40. The number of carbonyl (C=O) groups is 2. The van der Waals surface area contributed by atoms with Gasteiger partial charge in [-0.1, -0.05) is 12.1 Å². The average molecular weight is 325 g/mol. The normalized spacial score (nSPS) is 16.6. The van der Waals surface area contributed by atoms with Gasteiger partial charge in [-0.25, -0.2) is 4.79 Å². The maximum atomic E-state index is 12.0. The molecule has 120 valence electrons. The van der Waals surface area contributed by atoms with E-state index in [0.29, 0.717) is 24.3 Å². The Morgan fingerprint density at radius 1 is 1.27 bits per heavy atom. The van der Waals surface area contributed by atoms with Gasteiger partial charge in [0.2, 0.25) is 0 Å². The van der Waals surface area contributed by atoms with Crippen molar-refractivity contribution in [3.63, 3.8) is 0 Å². The van der Waals surface area contributed by atoms with Crippen LogP contribution in [0.25, 0.3) is 0 Å². The first-order chi connectivity index (χ1) is 10.6. The van der Waals surface area contributed by atoms with Crippen molar-refractivity contribution >= 4 is 23.6 Å². The molecule has 1 amide bonds. The predicted octanol–water partition coefficient (Wildman–Crippen LogP) is 1.54. The number of hydrogen-bond donors (Lipinski definition) is 2. The molecular formula is C15H19NO5S. The fourth-order valence-corrected chi connectivity index (χ4v) is 3.49. The van der Waals surface area contributed by atoms with E-state index in [1.54, 1.807) is 36.0 Å². The van der Waals surface area contributed by atoms with Crippen LogP contribution in [-0.2, 0) is 9.59 Å². The van der Waals surface area contributed by atoms with Crippen LogP contribution in [0.15, 0.2) is 24.3 Å². The van der Waals surface area contributed by atoms with Crippen molar-refractivity contribution < 1.29 is 24.2 Å². The summed E-state index contributed by atoms with van der Waals surface area (Å²) in [5.41, 5.74) is -1.17. The number of amides is 1. The van der Waals surface area contributed by atoms with Crippen LogP contribution in [0.3, 0.4) is 0 Å². The first-order valence-corrected chi connectivity index (χ1v) is 8.11. The second-order valence-electron chi connectivity index (χ2n) is 4.99. The number of nitrogens with one attached hydrogen (secondary N) is 1. The SMILES string of the molecule is COc1ccccc1OCC(=O)NC1(C(=O)O)CCSCC1. The number of carbonyl (C=O) groups excluding carboxylic acids is 1. The van der Waals surface area contributed by atoms with Gasteiger partial charge in [0.15, 0.2) is 18.1 Å². The Morgan fingerprint density at radius 2 is 1.91 bits per heavy atom. The number of benzene rings is 1. The summed E-state index contributed by atoms with van der Waals surface area (Å²) in [6.07, 6.45) is 0.848. The molecule has 1 aliphatic rings. The molecule has 1 fully saturated rings. The molecule has 0 aromatic heterocycles. The van der Waals surface area contributed by atoms with Gasteiger partial charge in [-0.3, -0.25) is 4.79 Å². The molecule has 22 heavy (non-hydrogen) atoms.